The Labute approximate surface area is 227 Å². The van der Waals surface area contributed by atoms with E-state index in [2.05, 4.69) is 96.6 Å². The average molecular weight is 540 g/mol. The molecule has 2 aliphatic rings. The Balaban J connectivity index is 1.10. The van der Waals surface area contributed by atoms with Gasteiger partial charge in [0.05, 0.1) is 41.4 Å². The van der Waals surface area contributed by atoms with Crippen molar-refractivity contribution in [1.29, 1.82) is 0 Å². The van der Waals surface area contributed by atoms with Crippen molar-refractivity contribution in [1.82, 2.24) is 34.3 Å². The summed E-state index contributed by atoms with van der Waals surface area (Å²) in [6, 6.07) is 18.1. The summed E-state index contributed by atoms with van der Waals surface area (Å²) in [5.41, 5.74) is 7.59. The number of nitrogens with one attached hydrogen (secondary N) is 2. The molecular weight excluding hydrogens is 508 g/mol. The van der Waals surface area contributed by atoms with Gasteiger partial charge in [-0.2, -0.15) is 0 Å². The Morgan fingerprint density at radius 2 is 1.21 bits per heavy atom. The van der Waals surface area contributed by atoms with Crippen LogP contribution in [0.3, 0.4) is 0 Å². The van der Waals surface area contributed by atoms with Crippen molar-refractivity contribution < 1.29 is 0 Å². The largest absolute Gasteiger partial charge is 0.341 e. The highest BCUT2D eigenvalue weighted by Crippen LogP contribution is 2.35. The summed E-state index contributed by atoms with van der Waals surface area (Å²) in [7, 11) is 5.66. The molecule has 0 aliphatic carbocycles. The van der Waals surface area contributed by atoms with E-state index in [4.69, 9.17) is 4.98 Å². The smallest absolute Gasteiger partial charge is 0.124 e. The highest BCUT2D eigenvalue weighted by molar-refractivity contribution is 7.13. The number of aromatic amines is 2. The Kier molecular flexibility index (Phi) is 6.33. The highest BCUT2D eigenvalue weighted by Gasteiger charge is 2.26. The lowest BCUT2D eigenvalue weighted by Crippen LogP contribution is -2.12. The molecule has 3 aromatic heterocycles. The van der Waals surface area contributed by atoms with Gasteiger partial charge in [0.2, 0.25) is 0 Å². The Hall–Kier alpha value is -2.95. The predicted octanol–water partition coefficient (Wildman–Crippen LogP) is 6.54. The zero-order valence-corrected chi connectivity index (χ0v) is 23.4. The normalized spacial score (nSPS) is 20.6. The van der Waals surface area contributed by atoms with Gasteiger partial charge in [0.25, 0.3) is 0 Å². The third-order valence-electron chi connectivity index (χ3n) is 7.94. The fourth-order valence-electron chi connectivity index (χ4n) is 5.76. The lowest BCUT2D eigenvalue weighted by Gasteiger charge is -2.16. The molecule has 4 atom stereocenters. The molecule has 2 fully saturated rings. The molecular formula is C29H31N7P2. The number of nitrogens with zero attached hydrogens (tertiary/aromatic N) is 5. The number of fused-ring (bicyclic) bond motifs is 1. The highest BCUT2D eigenvalue weighted by atomic mass is 31.0. The minimum Gasteiger partial charge on any atom is -0.341 e. The number of imidazole rings is 2. The summed E-state index contributed by atoms with van der Waals surface area (Å²) in [4.78, 5) is 21.2. The molecule has 2 aliphatic heterocycles. The van der Waals surface area contributed by atoms with Crippen molar-refractivity contribution >= 4 is 29.7 Å². The maximum absolute atomic E-state index is 4.80. The topological polar surface area (TPSA) is 76.7 Å². The third-order valence-corrected chi connectivity index (χ3v) is 9.17. The quantitative estimate of drug-likeness (QED) is 0.248. The van der Waals surface area contributed by atoms with Crippen LogP contribution in [0.5, 0.6) is 0 Å². The summed E-state index contributed by atoms with van der Waals surface area (Å²) < 4.78 is 4.58. The van der Waals surface area contributed by atoms with E-state index >= 15 is 0 Å². The van der Waals surface area contributed by atoms with Crippen LogP contribution in [-0.4, -0.2) is 47.4 Å². The molecule has 0 bridgehead atoms. The second-order valence-electron chi connectivity index (χ2n) is 10.4. The van der Waals surface area contributed by atoms with E-state index in [-0.39, 0.29) is 0 Å². The summed E-state index contributed by atoms with van der Waals surface area (Å²) in [5, 5.41) is 1.12. The lowest BCUT2D eigenvalue weighted by atomic mass is 10.0. The lowest BCUT2D eigenvalue weighted by molar-refractivity contribution is 0.434. The molecule has 0 spiro atoms. The zero-order chi connectivity index (χ0) is 25.6. The maximum atomic E-state index is 4.80. The van der Waals surface area contributed by atoms with Crippen LogP contribution in [0.2, 0.25) is 0 Å². The number of H-pyrrole nitrogens is 2. The van der Waals surface area contributed by atoms with E-state index in [1.165, 1.54) is 18.4 Å². The number of rotatable bonds is 5. The van der Waals surface area contributed by atoms with Crippen molar-refractivity contribution in [3.05, 3.63) is 78.8 Å². The van der Waals surface area contributed by atoms with Crippen LogP contribution in [-0.2, 0) is 0 Å². The standard InChI is InChI=1S/C29H31N7P2/c37-35-11-1-3-26(35)28-31-16-24(33-28)19-7-5-18(6-8-19)20-9-10-21-13-22(15-30-23(21)14-20)25-17-32-29(34-25)27-4-2-12-36(27)38/h5-10,13-17,26-27H,1-4,11-12,37-38H2,(H,31,33)(H,32,34)/t26?,27-/m0/s1. The molecule has 2 saturated heterocycles. The van der Waals surface area contributed by atoms with Crippen molar-refractivity contribution in [2.45, 2.75) is 37.8 Å². The van der Waals surface area contributed by atoms with Gasteiger partial charge in [-0.3, -0.25) is 14.3 Å². The predicted molar refractivity (Wildman–Crippen MR) is 159 cm³/mol. The zero-order valence-electron chi connectivity index (χ0n) is 21.1. The molecule has 192 valence electrons. The Morgan fingerprint density at radius 1 is 0.632 bits per heavy atom. The first-order valence-electron chi connectivity index (χ1n) is 13.3. The first-order chi connectivity index (χ1) is 18.6. The van der Waals surface area contributed by atoms with Crippen molar-refractivity contribution in [2.75, 3.05) is 13.1 Å². The van der Waals surface area contributed by atoms with Gasteiger partial charge in [-0.1, -0.05) is 55.2 Å². The van der Waals surface area contributed by atoms with Crippen molar-refractivity contribution in [3.63, 3.8) is 0 Å². The molecule has 2 aromatic carbocycles. The molecule has 5 heterocycles. The fourth-order valence-corrected chi connectivity index (χ4v) is 6.71. The van der Waals surface area contributed by atoms with E-state index in [1.54, 1.807) is 0 Å². The van der Waals surface area contributed by atoms with Crippen LogP contribution in [0.1, 0.15) is 49.4 Å². The molecule has 9 heteroatoms. The number of hydrogen-bond donors (Lipinski definition) is 2. The fraction of sp³-hybridized carbons (Fsp3) is 0.276. The first kappa shape index (κ1) is 24.1. The van der Waals surface area contributed by atoms with Crippen molar-refractivity contribution in [3.8, 4) is 33.6 Å². The van der Waals surface area contributed by atoms with E-state index in [1.807, 2.05) is 18.6 Å². The van der Waals surface area contributed by atoms with Crippen LogP contribution < -0.4 is 0 Å². The van der Waals surface area contributed by atoms with Gasteiger partial charge in [0, 0.05) is 30.2 Å². The third kappa shape index (κ3) is 4.48. The van der Waals surface area contributed by atoms with Crippen LogP contribution in [0, 0.1) is 0 Å². The molecule has 7 rings (SSSR count). The Morgan fingerprint density at radius 3 is 1.82 bits per heavy atom. The second-order valence-corrected chi connectivity index (χ2v) is 11.7. The Bertz CT molecular complexity index is 1590. The van der Waals surface area contributed by atoms with Gasteiger partial charge >= 0.3 is 0 Å². The summed E-state index contributed by atoms with van der Waals surface area (Å²) >= 11 is 0. The average Bonchev–Trinajstić information content (AvgIpc) is 3.75. The molecule has 2 N–H and O–H groups in total. The summed E-state index contributed by atoms with van der Waals surface area (Å²) in [6.45, 7) is 2.19. The van der Waals surface area contributed by atoms with Gasteiger partial charge in [-0.25, -0.2) is 9.97 Å². The van der Waals surface area contributed by atoms with Gasteiger partial charge in [-0.05, 0) is 54.5 Å². The summed E-state index contributed by atoms with van der Waals surface area (Å²) in [5.74, 6) is 2.08. The van der Waals surface area contributed by atoms with Gasteiger partial charge in [0.1, 0.15) is 11.6 Å². The summed E-state index contributed by atoms with van der Waals surface area (Å²) in [6.07, 6.45) is 10.5. The number of benzene rings is 2. The van der Waals surface area contributed by atoms with Crippen molar-refractivity contribution in [2.24, 2.45) is 0 Å². The monoisotopic (exact) mass is 539 g/mol. The van der Waals surface area contributed by atoms with E-state index in [0.29, 0.717) is 12.1 Å². The molecule has 0 radical (unpaired) electrons. The SMILES string of the molecule is PN1CCCC1c1ncc(-c2ccc(-c3ccc4cc(-c5cnc([C@@H]6CCCN6P)[nH]5)cnc4c3)cc2)[nH]1. The molecule has 0 amide bonds. The van der Waals surface area contributed by atoms with Gasteiger partial charge in [-0.15, -0.1) is 0 Å². The van der Waals surface area contributed by atoms with E-state index in [9.17, 15) is 0 Å². The number of aromatic nitrogens is 5. The second kappa shape index (κ2) is 9.98. The van der Waals surface area contributed by atoms with Gasteiger partial charge < -0.3 is 9.97 Å². The van der Waals surface area contributed by atoms with Crippen LogP contribution in [0.25, 0.3) is 44.5 Å². The van der Waals surface area contributed by atoms with E-state index < -0.39 is 0 Å². The van der Waals surface area contributed by atoms with E-state index in [0.717, 1.165) is 76.6 Å². The van der Waals surface area contributed by atoms with Crippen LogP contribution >= 0.6 is 18.8 Å². The van der Waals surface area contributed by atoms with Crippen LogP contribution in [0.15, 0.2) is 67.1 Å². The molecule has 5 aromatic rings. The molecule has 3 unspecified atom stereocenters. The van der Waals surface area contributed by atoms with Crippen LogP contribution in [0.4, 0.5) is 0 Å². The number of hydrogen-bond acceptors (Lipinski definition) is 5. The van der Waals surface area contributed by atoms with Gasteiger partial charge in [0.15, 0.2) is 0 Å². The molecule has 0 saturated carbocycles. The minimum atomic E-state index is 0.347. The first-order valence-corrected chi connectivity index (χ1v) is 14.3. The molecule has 38 heavy (non-hydrogen) atoms. The maximum Gasteiger partial charge on any atom is 0.124 e. The molecule has 7 nitrogen and oxygen atoms in total. The minimum absolute atomic E-state index is 0.347. The number of pyridine rings is 1.